The van der Waals surface area contributed by atoms with E-state index in [9.17, 15) is 0 Å². The van der Waals surface area contributed by atoms with E-state index in [0.717, 1.165) is 0 Å². The Morgan fingerprint density at radius 2 is 0.700 bits per heavy atom. The average molecular weight is 421 g/mol. The van der Waals surface area contributed by atoms with Gasteiger partial charge in [0.2, 0.25) is 0 Å². The maximum absolute atomic E-state index is 8.62. The fourth-order valence-corrected chi connectivity index (χ4v) is 0. The van der Waals surface area contributed by atoms with Gasteiger partial charge >= 0.3 is 49.0 Å². The molecular formula is Cl3INaO4Ru. The van der Waals surface area contributed by atoms with Crippen LogP contribution in [0.5, 0.6) is 0 Å². The van der Waals surface area contributed by atoms with Crippen molar-refractivity contribution in [3.05, 3.63) is 0 Å². The van der Waals surface area contributed by atoms with Crippen molar-refractivity contribution in [3.63, 3.8) is 0 Å². The molecule has 10 heavy (non-hydrogen) atoms. The Morgan fingerprint density at radius 3 is 0.700 bits per heavy atom. The van der Waals surface area contributed by atoms with Crippen LogP contribution in [0.15, 0.2) is 0 Å². The zero-order chi connectivity index (χ0) is 4.50. The van der Waals surface area contributed by atoms with E-state index in [-0.39, 0.29) is 86.3 Å². The zero-order valence-electron chi connectivity index (χ0n) is 4.50. The Hall–Kier alpha value is 3.06. The summed E-state index contributed by atoms with van der Waals surface area (Å²) >= 11 is -5.94. The molecular weight excluding hydrogens is 421 g/mol. The molecule has 0 amide bonds. The van der Waals surface area contributed by atoms with E-state index >= 15 is 0 Å². The molecule has 0 bridgehead atoms. The molecule has 0 aliphatic rings. The summed E-state index contributed by atoms with van der Waals surface area (Å²) in [5, 5.41) is 0. The summed E-state index contributed by atoms with van der Waals surface area (Å²) in [6.45, 7) is 0. The van der Waals surface area contributed by atoms with E-state index < -0.39 is 20.1 Å². The molecule has 0 unspecified atom stereocenters. The van der Waals surface area contributed by atoms with Crippen molar-refractivity contribution in [1.82, 2.24) is 0 Å². The molecule has 0 fully saturated rings. The fraction of sp³-hybridized carbons (Fsp3) is 0. The third-order valence-electron chi connectivity index (χ3n) is 0. The van der Waals surface area contributed by atoms with Crippen molar-refractivity contribution >= 4 is 0 Å². The van der Waals surface area contributed by atoms with Gasteiger partial charge in [0.15, 0.2) is 0 Å². The molecule has 0 aliphatic carbocycles. The molecule has 0 heterocycles. The van der Waals surface area contributed by atoms with Crippen molar-refractivity contribution in [1.29, 1.82) is 0 Å². The van der Waals surface area contributed by atoms with Crippen molar-refractivity contribution in [3.8, 4) is 0 Å². The Kier molecular flexibility index (Phi) is 68.5. The van der Waals surface area contributed by atoms with E-state index in [1.54, 1.807) is 0 Å². The molecule has 0 N–H and O–H groups in total. The molecule has 0 saturated carbocycles. The molecule has 0 aromatic heterocycles. The Balaban J connectivity index is -0.00000000800. The summed E-state index contributed by atoms with van der Waals surface area (Å²) in [4.78, 5) is 0. The van der Waals surface area contributed by atoms with Gasteiger partial charge < -0.3 is 37.2 Å². The second-order valence-electron chi connectivity index (χ2n) is 0.378. The van der Waals surface area contributed by atoms with Gasteiger partial charge in [0.1, 0.15) is 20.1 Å². The predicted molar refractivity (Wildman–Crippen MR) is 0 cm³/mol. The summed E-state index contributed by atoms with van der Waals surface area (Å²) < 4.78 is 34.5. The summed E-state index contributed by atoms with van der Waals surface area (Å²) in [5.41, 5.74) is 0. The molecule has 10 heteroatoms. The van der Waals surface area contributed by atoms with Gasteiger partial charge in [0.05, 0.1) is 0 Å². The zero-order valence-corrected chi connectivity index (χ0v) is 12.7. The van der Waals surface area contributed by atoms with Gasteiger partial charge in [-0.25, -0.2) is 0 Å². The first-order valence-electron chi connectivity index (χ1n) is 0.617. The largest absolute Gasteiger partial charge is 3.00 e. The van der Waals surface area contributed by atoms with Gasteiger partial charge in [-0.15, -0.1) is 0 Å². The van der Waals surface area contributed by atoms with E-state index in [1.165, 1.54) is 0 Å². The Morgan fingerprint density at radius 1 is 0.700 bits per heavy atom. The van der Waals surface area contributed by atoms with Crippen LogP contribution in [0.1, 0.15) is 0 Å². The minimum atomic E-state index is -5.94. The molecule has 0 aromatic rings. The molecule has 1 radical (unpaired) electrons. The van der Waals surface area contributed by atoms with Gasteiger partial charge in [-0.1, -0.05) is 0 Å². The minimum absolute atomic E-state index is 0. The molecule has 0 saturated heterocycles. The van der Waals surface area contributed by atoms with Crippen LogP contribution in [0.3, 0.4) is 0 Å². The topological polar surface area (TPSA) is 92.2 Å². The first kappa shape index (κ1) is 38.1. The molecule has 0 aliphatic heterocycles. The molecule has 61 valence electrons. The van der Waals surface area contributed by atoms with E-state index in [1.807, 2.05) is 0 Å². The van der Waals surface area contributed by atoms with Crippen molar-refractivity contribution in [2.45, 2.75) is 0 Å². The van der Waals surface area contributed by atoms with Gasteiger partial charge in [-0.05, 0) is 0 Å². The number of halogens is 4. The first-order valence-corrected chi connectivity index (χ1v) is 4.14. The van der Waals surface area contributed by atoms with Crippen LogP contribution >= 0.6 is 0 Å². The van der Waals surface area contributed by atoms with Crippen LogP contribution in [-0.4, -0.2) is 0 Å². The molecule has 4 nitrogen and oxygen atoms in total. The van der Waals surface area contributed by atoms with Crippen molar-refractivity contribution < 1.29 is 120 Å². The van der Waals surface area contributed by atoms with Gasteiger partial charge in [-0.3, -0.25) is 13.7 Å². The second kappa shape index (κ2) is 18.0. The molecule has 0 rings (SSSR count). The maximum Gasteiger partial charge on any atom is 3.00 e. The molecule has 0 aromatic carbocycles. The van der Waals surface area contributed by atoms with Crippen LogP contribution in [0.25, 0.3) is 0 Å². The summed E-state index contributed by atoms with van der Waals surface area (Å²) in [6, 6.07) is 0. The smallest absolute Gasteiger partial charge is 1.00 e. The Labute approximate surface area is 118 Å². The van der Waals surface area contributed by atoms with E-state index in [4.69, 9.17) is 13.7 Å². The quantitative estimate of drug-likeness (QED) is 0.287. The second-order valence-corrected chi connectivity index (χ2v) is 2.54. The van der Waals surface area contributed by atoms with Crippen LogP contribution < -0.4 is 101 Å². The van der Waals surface area contributed by atoms with E-state index in [2.05, 4.69) is 0 Å². The third kappa shape index (κ3) is 119. The predicted octanol–water partition coefficient (Wildman–Crippen LogP) is -19.7. The van der Waals surface area contributed by atoms with Crippen LogP contribution in [0.2, 0.25) is 0 Å². The Bertz CT molecular complexity index is 36.0. The monoisotopic (exact) mass is 421 g/mol. The first-order chi connectivity index (χ1) is 2.00. The van der Waals surface area contributed by atoms with Crippen LogP contribution in [0.4, 0.5) is 0 Å². The van der Waals surface area contributed by atoms with Crippen molar-refractivity contribution in [2.24, 2.45) is 0 Å². The van der Waals surface area contributed by atoms with Crippen molar-refractivity contribution in [2.75, 3.05) is 0 Å². The number of hydrogen-bond acceptors (Lipinski definition) is 4. The summed E-state index contributed by atoms with van der Waals surface area (Å²) in [5.74, 6) is 0. The number of rotatable bonds is 0. The average Bonchev–Trinajstić information content (AvgIpc) is 0.722. The summed E-state index contributed by atoms with van der Waals surface area (Å²) in [6.07, 6.45) is 0. The molecule has 0 spiro atoms. The van der Waals surface area contributed by atoms with Crippen LogP contribution in [-0.2, 0) is 19.5 Å². The van der Waals surface area contributed by atoms with Crippen LogP contribution in [0, 0.1) is 0 Å². The fourth-order valence-electron chi connectivity index (χ4n) is 0. The van der Waals surface area contributed by atoms with E-state index in [0.29, 0.717) is 0 Å². The van der Waals surface area contributed by atoms with Gasteiger partial charge in [-0.2, -0.15) is 0 Å². The molecule has 0 atom stereocenters. The van der Waals surface area contributed by atoms with Gasteiger partial charge in [0, 0.05) is 0 Å². The van der Waals surface area contributed by atoms with Gasteiger partial charge in [0.25, 0.3) is 0 Å². The minimum Gasteiger partial charge on any atom is -1.00 e. The standard InChI is InChI=1S/3ClH.IO4.Na.Ru/c;;;2-1(3,4)5;;/h3*1H;;;/q;;;-1;+1;+3/p-3. The summed E-state index contributed by atoms with van der Waals surface area (Å²) in [7, 11) is 0. The normalized spacial score (nSPS) is 6.00. The maximum atomic E-state index is 8.62. The third-order valence-corrected chi connectivity index (χ3v) is 0. The SMILES string of the molecule is [Cl-].[Cl-].[Cl-].[Na+].[O-][I+3]([O-])([O-])[O-].[Ru+3]. The number of hydrogen-bond donors (Lipinski definition) is 0.